The summed E-state index contributed by atoms with van der Waals surface area (Å²) in [5, 5.41) is 2.83. The molecule has 0 atom stereocenters. The molecule has 28 heavy (non-hydrogen) atoms. The molecule has 3 N–H and O–H groups in total. The molecule has 1 fully saturated rings. The molecule has 0 saturated heterocycles. The summed E-state index contributed by atoms with van der Waals surface area (Å²) in [4.78, 5) is 38.3. The number of aryl methyl sites for hydroxylation is 2. The Bertz CT molecular complexity index is 877. The predicted octanol–water partition coefficient (Wildman–Crippen LogP) is 3.44. The van der Waals surface area contributed by atoms with Crippen molar-refractivity contribution >= 4 is 34.7 Å². The third kappa shape index (κ3) is 4.42. The van der Waals surface area contributed by atoms with Crippen molar-refractivity contribution in [2.24, 2.45) is 5.92 Å². The van der Waals surface area contributed by atoms with Crippen LogP contribution in [0, 0.1) is 5.92 Å². The molecule has 7 heteroatoms. The van der Waals surface area contributed by atoms with Crippen molar-refractivity contribution in [3.05, 3.63) is 51.2 Å². The van der Waals surface area contributed by atoms with E-state index in [1.165, 1.54) is 41.0 Å². The molecule has 1 saturated carbocycles. The number of fused-ring (bicyclic) bond motifs is 1. The smallest absolute Gasteiger partial charge is 0.279 e. The normalized spacial score (nSPS) is 15.9. The second-order valence-corrected chi connectivity index (χ2v) is 8.51. The zero-order valence-corrected chi connectivity index (χ0v) is 16.4. The van der Waals surface area contributed by atoms with Gasteiger partial charge in [-0.25, -0.2) is 0 Å². The lowest BCUT2D eigenvalue weighted by atomic mass is 10.1. The van der Waals surface area contributed by atoms with Crippen molar-refractivity contribution in [3.63, 3.8) is 0 Å². The minimum absolute atomic E-state index is 0.0267. The fraction of sp³-hybridized carbons (Fsp3) is 0.381. The molecular weight excluding hydrogens is 374 g/mol. The number of nitrogens with one attached hydrogen (secondary N) is 3. The fourth-order valence-corrected chi connectivity index (χ4v) is 4.47. The van der Waals surface area contributed by atoms with Crippen molar-refractivity contribution in [2.75, 3.05) is 5.32 Å². The monoisotopic (exact) mass is 397 g/mol. The second-order valence-electron chi connectivity index (χ2n) is 7.37. The van der Waals surface area contributed by atoms with Gasteiger partial charge in [-0.05, 0) is 74.4 Å². The van der Waals surface area contributed by atoms with Crippen LogP contribution in [0.1, 0.15) is 62.6 Å². The van der Waals surface area contributed by atoms with Gasteiger partial charge in [0.15, 0.2) is 0 Å². The first-order valence-electron chi connectivity index (χ1n) is 9.73. The first-order valence-corrected chi connectivity index (χ1v) is 10.5. The Morgan fingerprint density at radius 2 is 1.61 bits per heavy atom. The van der Waals surface area contributed by atoms with Gasteiger partial charge in [-0.15, -0.1) is 11.3 Å². The van der Waals surface area contributed by atoms with Crippen LogP contribution in [-0.2, 0) is 17.6 Å². The fourth-order valence-electron chi connectivity index (χ4n) is 3.32. The Balaban J connectivity index is 1.31. The molecule has 4 rings (SSSR count). The van der Waals surface area contributed by atoms with E-state index in [9.17, 15) is 14.4 Å². The van der Waals surface area contributed by atoms with E-state index in [1.807, 2.05) is 6.07 Å². The molecule has 3 amide bonds. The van der Waals surface area contributed by atoms with Gasteiger partial charge in [-0.3, -0.25) is 25.2 Å². The summed E-state index contributed by atoms with van der Waals surface area (Å²) in [6, 6.07) is 8.57. The van der Waals surface area contributed by atoms with E-state index in [4.69, 9.17) is 0 Å². The van der Waals surface area contributed by atoms with Crippen LogP contribution >= 0.6 is 11.3 Å². The number of carbonyl (C=O) groups is 3. The van der Waals surface area contributed by atoms with Crippen LogP contribution in [0.15, 0.2) is 30.3 Å². The summed E-state index contributed by atoms with van der Waals surface area (Å²) in [5.74, 6) is -0.532. The van der Waals surface area contributed by atoms with Gasteiger partial charge < -0.3 is 5.32 Å². The van der Waals surface area contributed by atoms with E-state index in [2.05, 4.69) is 16.2 Å². The molecule has 1 heterocycles. The Labute approximate surface area is 167 Å². The lowest BCUT2D eigenvalue weighted by Crippen LogP contribution is -2.41. The van der Waals surface area contributed by atoms with Crippen LogP contribution in [0.4, 0.5) is 5.69 Å². The highest BCUT2D eigenvalue weighted by molar-refractivity contribution is 7.14. The first-order chi connectivity index (χ1) is 13.6. The Hall–Kier alpha value is -2.67. The van der Waals surface area contributed by atoms with E-state index in [0.717, 1.165) is 25.7 Å². The lowest BCUT2D eigenvalue weighted by Gasteiger charge is -2.08. The number of thiophene rings is 1. The van der Waals surface area contributed by atoms with Gasteiger partial charge >= 0.3 is 0 Å². The molecule has 0 spiro atoms. The number of amides is 3. The Morgan fingerprint density at radius 1 is 0.893 bits per heavy atom. The quantitative estimate of drug-likeness (QED) is 0.546. The largest absolute Gasteiger partial charge is 0.326 e. The Morgan fingerprint density at radius 3 is 2.36 bits per heavy atom. The maximum Gasteiger partial charge on any atom is 0.279 e. The van der Waals surface area contributed by atoms with Crippen LogP contribution < -0.4 is 16.2 Å². The number of carbonyl (C=O) groups excluding carboxylic acids is 3. The highest BCUT2D eigenvalue weighted by Crippen LogP contribution is 2.30. The highest BCUT2D eigenvalue weighted by Gasteiger charge is 2.29. The zero-order valence-electron chi connectivity index (χ0n) is 15.5. The Kier molecular flexibility index (Phi) is 5.43. The van der Waals surface area contributed by atoms with Crippen LogP contribution in [0.25, 0.3) is 0 Å². The van der Waals surface area contributed by atoms with Gasteiger partial charge in [-0.2, -0.15) is 0 Å². The molecule has 1 aromatic carbocycles. The minimum atomic E-state index is -0.397. The zero-order chi connectivity index (χ0) is 19.5. The molecule has 6 nitrogen and oxygen atoms in total. The molecule has 2 aromatic rings. The van der Waals surface area contributed by atoms with E-state index in [0.29, 0.717) is 16.1 Å². The maximum absolute atomic E-state index is 12.4. The van der Waals surface area contributed by atoms with Gasteiger partial charge in [0.05, 0.1) is 4.88 Å². The van der Waals surface area contributed by atoms with Crippen LogP contribution in [0.3, 0.4) is 0 Å². The molecule has 0 aliphatic heterocycles. The number of rotatable bonds is 4. The van der Waals surface area contributed by atoms with Crippen molar-refractivity contribution in [1.82, 2.24) is 10.9 Å². The van der Waals surface area contributed by atoms with Crippen LogP contribution in [0.5, 0.6) is 0 Å². The molecule has 1 aromatic heterocycles. The van der Waals surface area contributed by atoms with Crippen molar-refractivity contribution in [2.45, 2.75) is 44.9 Å². The summed E-state index contributed by atoms with van der Waals surface area (Å²) in [6.45, 7) is 0. The number of hydrogen-bond acceptors (Lipinski definition) is 4. The van der Waals surface area contributed by atoms with Crippen molar-refractivity contribution < 1.29 is 14.4 Å². The first kappa shape index (κ1) is 18.7. The van der Waals surface area contributed by atoms with Crippen LogP contribution in [0.2, 0.25) is 0 Å². The molecule has 0 radical (unpaired) electrons. The lowest BCUT2D eigenvalue weighted by molar-refractivity contribution is -0.117. The predicted molar refractivity (Wildman–Crippen MR) is 108 cm³/mol. The van der Waals surface area contributed by atoms with Crippen molar-refractivity contribution in [3.8, 4) is 0 Å². The van der Waals surface area contributed by atoms with E-state index in [1.54, 1.807) is 24.3 Å². The molecule has 2 aliphatic rings. The molecular formula is C21H23N3O3S. The highest BCUT2D eigenvalue weighted by atomic mass is 32.1. The van der Waals surface area contributed by atoms with E-state index < -0.39 is 5.91 Å². The van der Waals surface area contributed by atoms with Crippen LogP contribution in [-0.4, -0.2) is 17.7 Å². The average Bonchev–Trinajstić information content (AvgIpc) is 3.51. The topological polar surface area (TPSA) is 87.3 Å². The summed E-state index contributed by atoms with van der Waals surface area (Å²) >= 11 is 1.52. The number of hydrazine groups is 1. The molecule has 0 unspecified atom stereocenters. The summed E-state index contributed by atoms with van der Waals surface area (Å²) in [6.07, 6.45) is 7.51. The summed E-state index contributed by atoms with van der Waals surface area (Å²) < 4.78 is 0. The second kappa shape index (κ2) is 8.14. The van der Waals surface area contributed by atoms with E-state index >= 15 is 0 Å². The van der Waals surface area contributed by atoms with Gasteiger partial charge in [0.25, 0.3) is 11.8 Å². The number of hydrogen-bond donors (Lipinski definition) is 3. The number of anilines is 1. The maximum atomic E-state index is 12.4. The van der Waals surface area contributed by atoms with Crippen molar-refractivity contribution in [1.29, 1.82) is 0 Å². The molecule has 0 bridgehead atoms. The standard InChI is InChI=1S/C21H23N3O3S/c25-19(13-6-7-13)22-16-10-8-14(9-11-16)20(26)23-24-21(27)18-12-15-4-2-1-3-5-17(15)28-18/h8-13H,1-7H2,(H,22,25)(H,23,26)(H,24,27). The summed E-state index contributed by atoms with van der Waals surface area (Å²) in [7, 11) is 0. The van der Waals surface area contributed by atoms with Gasteiger partial charge in [0.2, 0.25) is 5.91 Å². The van der Waals surface area contributed by atoms with Gasteiger partial charge in [0.1, 0.15) is 0 Å². The molecule has 2 aliphatic carbocycles. The third-order valence-electron chi connectivity index (χ3n) is 5.12. The minimum Gasteiger partial charge on any atom is -0.326 e. The van der Waals surface area contributed by atoms with E-state index in [-0.39, 0.29) is 17.7 Å². The van der Waals surface area contributed by atoms with Gasteiger partial charge in [-0.1, -0.05) is 6.42 Å². The number of benzene rings is 1. The average molecular weight is 398 g/mol. The van der Waals surface area contributed by atoms with Gasteiger partial charge in [0, 0.05) is 22.0 Å². The summed E-state index contributed by atoms with van der Waals surface area (Å²) in [5.41, 5.74) is 7.29. The third-order valence-corrected chi connectivity index (χ3v) is 6.36. The molecule has 146 valence electrons. The SMILES string of the molecule is O=C(NNC(=O)c1cc2c(s1)CCCCC2)c1ccc(NC(=O)C2CC2)cc1.